The Kier molecular flexibility index (Phi) is 3.30. The largest absolute Gasteiger partial charge is 0.326 e. The zero-order chi connectivity index (χ0) is 13.3. The molecule has 6 heteroatoms. The first-order chi connectivity index (χ1) is 8.35. The first kappa shape index (κ1) is 12.9. The molecule has 1 saturated carbocycles. The van der Waals surface area contributed by atoms with Gasteiger partial charge in [0, 0.05) is 11.6 Å². The lowest BCUT2D eigenvalue weighted by Gasteiger charge is -2.08. The van der Waals surface area contributed by atoms with Crippen LogP contribution in [0.3, 0.4) is 0 Å². The van der Waals surface area contributed by atoms with E-state index in [1.807, 2.05) is 6.92 Å². The van der Waals surface area contributed by atoms with Crippen LogP contribution in [0.5, 0.6) is 0 Å². The molecular weight excluding hydrogens is 252 g/mol. The number of hydrogen-bond donors (Lipinski definition) is 2. The molecule has 1 aliphatic rings. The minimum Gasteiger partial charge on any atom is -0.326 e. The number of benzene rings is 1. The Morgan fingerprint density at radius 3 is 2.50 bits per heavy atom. The SMILES string of the molecule is CC1CC1C(=O)Nc1cccc(NS(C)(=O)=O)c1. The highest BCUT2D eigenvalue weighted by Crippen LogP contribution is 2.38. The fourth-order valence-electron chi connectivity index (χ4n) is 1.80. The van der Waals surface area contributed by atoms with Crippen LogP contribution < -0.4 is 10.0 Å². The van der Waals surface area contributed by atoms with Crippen LogP contribution in [0, 0.1) is 11.8 Å². The molecule has 2 rings (SSSR count). The quantitative estimate of drug-likeness (QED) is 0.872. The van der Waals surface area contributed by atoms with Gasteiger partial charge in [-0.2, -0.15) is 0 Å². The van der Waals surface area contributed by atoms with E-state index in [0.29, 0.717) is 17.3 Å². The zero-order valence-electron chi connectivity index (χ0n) is 10.3. The van der Waals surface area contributed by atoms with Gasteiger partial charge in [0.2, 0.25) is 15.9 Å². The summed E-state index contributed by atoms with van der Waals surface area (Å²) < 4.78 is 24.6. The highest BCUT2D eigenvalue weighted by Gasteiger charge is 2.39. The van der Waals surface area contributed by atoms with Crippen molar-refractivity contribution in [3.8, 4) is 0 Å². The smallest absolute Gasteiger partial charge is 0.229 e. The summed E-state index contributed by atoms with van der Waals surface area (Å²) in [5.74, 6) is 0.540. The summed E-state index contributed by atoms with van der Waals surface area (Å²) in [5.41, 5.74) is 1.05. The second kappa shape index (κ2) is 4.61. The second-order valence-corrected chi connectivity index (χ2v) is 6.51. The van der Waals surface area contributed by atoms with Crippen LogP contribution in [-0.2, 0) is 14.8 Å². The predicted octanol–water partition coefficient (Wildman–Crippen LogP) is 1.65. The van der Waals surface area contributed by atoms with Crippen LogP contribution in [0.15, 0.2) is 24.3 Å². The van der Waals surface area contributed by atoms with Crippen LogP contribution in [0.25, 0.3) is 0 Å². The molecule has 1 aromatic carbocycles. The van der Waals surface area contributed by atoms with Crippen molar-refractivity contribution in [3.05, 3.63) is 24.3 Å². The number of anilines is 2. The van der Waals surface area contributed by atoms with Gasteiger partial charge in [-0.05, 0) is 30.5 Å². The summed E-state index contributed by atoms with van der Waals surface area (Å²) in [6.45, 7) is 2.03. The third kappa shape index (κ3) is 3.46. The Morgan fingerprint density at radius 1 is 1.33 bits per heavy atom. The number of amides is 1. The number of carbonyl (C=O) groups excluding carboxylic acids is 1. The molecular formula is C12H16N2O3S. The van der Waals surface area contributed by atoms with Crippen LogP contribution in [0.2, 0.25) is 0 Å². The van der Waals surface area contributed by atoms with Crippen molar-refractivity contribution in [2.75, 3.05) is 16.3 Å². The van der Waals surface area contributed by atoms with Crippen LogP contribution in [-0.4, -0.2) is 20.6 Å². The Bertz CT molecular complexity index is 568. The topological polar surface area (TPSA) is 75.3 Å². The summed E-state index contributed by atoms with van der Waals surface area (Å²) >= 11 is 0. The molecule has 0 heterocycles. The molecule has 0 radical (unpaired) electrons. The van der Waals surface area contributed by atoms with Gasteiger partial charge >= 0.3 is 0 Å². The van der Waals surface area contributed by atoms with Crippen LogP contribution >= 0.6 is 0 Å². The summed E-state index contributed by atoms with van der Waals surface area (Å²) in [7, 11) is -3.30. The minimum absolute atomic E-state index is 0.000921. The molecule has 2 atom stereocenters. The van der Waals surface area contributed by atoms with Gasteiger partial charge in [0.05, 0.1) is 11.9 Å². The lowest BCUT2D eigenvalue weighted by atomic mass is 10.2. The number of carbonyl (C=O) groups is 1. The molecule has 1 fully saturated rings. The van der Waals surface area contributed by atoms with Gasteiger partial charge in [-0.15, -0.1) is 0 Å². The van der Waals surface area contributed by atoms with E-state index in [1.54, 1.807) is 24.3 Å². The average Bonchev–Trinajstić information content (AvgIpc) is 2.93. The van der Waals surface area contributed by atoms with Gasteiger partial charge in [0.1, 0.15) is 0 Å². The van der Waals surface area contributed by atoms with E-state index in [2.05, 4.69) is 10.0 Å². The maximum atomic E-state index is 11.7. The van der Waals surface area contributed by atoms with E-state index in [4.69, 9.17) is 0 Å². The molecule has 2 unspecified atom stereocenters. The van der Waals surface area contributed by atoms with Crippen molar-refractivity contribution in [2.24, 2.45) is 11.8 Å². The van der Waals surface area contributed by atoms with Crippen molar-refractivity contribution < 1.29 is 13.2 Å². The third-order valence-electron chi connectivity index (χ3n) is 2.88. The monoisotopic (exact) mass is 268 g/mol. The van der Waals surface area contributed by atoms with Crippen molar-refractivity contribution in [3.63, 3.8) is 0 Å². The number of nitrogens with one attached hydrogen (secondary N) is 2. The summed E-state index contributed by atoms with van der Waals surface area (Å²) in [6, 6.07) is 6.67. The summed E-state index contributed by atoms with van der Waals surface area (Å²) in [6.07, 6.45) is 2.01. The van der Waals surface area contributed by atoms with Crippen molar-refractivity contribution in [2.45, 2.75) is 13.3 Å². The molecule has 0 aliphatic heterocycles. The van der Waals surface area contributed by atoms with E-state index in [9.17, 15) is 13.2 Å². The molecule has 0 spiro atoms. The van der Waals surface area contributed by atoms with Gasteiger partial charge in [-0.1, -0.05) is 13.0 Å². The van der Waals surface area contributed by atoms with E-state index < -0.39 is 10.0 Å². The van der Waals surface area contributed by atoms with Gasteiger partial charge in [-0.3, -0.25) is 9.52 Å². The first-order valence-corrected chi connectivity index (χ1v) is 7.63. The van der Waals surface area contributed by atoms with Gasteiger partial charge in [-0.25, -0.2) is 8.42 Å². The normalized spacial score (nSPS) is 22.3. The maximum Gasteiger partial charge on any atom is 0.229 e. The van der Waals surface area contributed by atoms with Gasteiger partial charge in [0.25, 0.3) is 0 Å². The predicted molar refractivity (Wildman–Crippen MR) is 70.8 cm³/mol. The molecule has 2 N–H and O–H groups in total. The number of sulfonamides is 1. The molecule has 1 amide bonds. The standard InChI is InChI=1S/C12H16N2O3S/c1-8-6-11(8)12(15)13-9-4-3-5-10(7-9)14-18(2,16)17/h3-5,7-8,11,14H,6H2,1-2H3,(H,13,15). The van der Waals surface area contributed by atoms with Crippen molar-refractivity contribution >= 4 is 27.3 Å². The fraction of sp³-hybridized carbons (Fsp3) is 0.417. The van der Waals surface area contributed by atoms with Crippen LogP contribution in [0.1, 0.15) is 13.3 Å². The average molecular weight is 268 g/mol. The highest BCUT2D eigenvalue weighted by molar-refractivity contribution is 7.92. The lowest BCUT2D eigenvalue weighted by molar-refractivity contribution is -0.117. The van der Waals surface area contributed by atoms with E-state index in [-0.39, 0.29) is 11.8 Å². The molecule has 0 bridgehead atoms. The molecule has 0 saturated heterocycles. The molecule has 1 aromatic rings. The number of hydrogen-bond acceptors (Lipinski definition) is 3. The second-order valence-electron chi connectivity index (χ2n) is 4.76. The van der Waals surface area contributed by atoms with Gasteiger partial charge in [0.15, 0.2) is 0 Å². The minimum atomic E-state index is -3.30. The Labute approximate surface area is 107 Å². The fourth-order valence-corrected chi connectivity index (χ4v) is 2.35. The maximum absolute atomic E-state index is 11.7. The van der Waals surface area contributed by atoms with E-state index >= 15 is 0 Å². The van der Waals surface area contributed by atoms with Crippen LogP contribution in [0.4, 0.5) is 11.4 Å². The number of rotatable bonds is 4. The Morgan fingerprint density at radius 2 is 1.94 bits per heavy atom. The van der Waals surface area contributed by atoms with Gasteiger partial charge < -0.3 is 5.32 Å². The zero-order valence-corrected chi connectivity index (χ0v) is 11.1. The van der Waals surface area contributed by atoms with Crippen molar-refractivity contribution in [1.82, 2.24) is 0 Å². The Hall–Kier alpha value is -1.56. The molecule has 0 aromatic heterocycles. The highest BCUT2D eigenvalue weighted by atomic mass is 32.2. The molecule has 1 aliphatic carbocycles. The third-order valence-corrected chi connectivity index (χ3v) is 3.49. The van der Waals surface area contributed by atoms with E-state index in [0.717, 1.165) is 12.7 Å². The Balaban J connectivity index is 2.05. The van der Waals surface area contributed by atoms with Crippen molar-refractivity contribution in [1.29, 1.82) is 0 Å². The van der Waals surface area contributed by atoms with E-state index in [1.165, 1.54) is 0 Å². The first-order valence-electron chi connectivity index (χ1n) is 5.74. The lowest BCUT2D eigenvalue weighted by Crippen LogP contribution is -2.15. The molecule has 98 valence electrons. The summed E-state index contributed by atoms with van der Waals surface area (Å²) in [5, 5.41) is 2.79. The molecule has 5 nitrogen and oxygen atoms in total. The molecule has 18 heavy (non-hydrogen) atoms. The summed E-state index contributed by atoms with van der Waals surface area (Å²) in [4.78, 5) is 11.7.